The third kappa shape index (κ3) is 6.85. The van der Waals surface area contributed by atoms with E-state index in [0.717, 1.165) is 12.8 Å². The molecular weight excluding hydrogens is 236 g/mol. The number of esters is 2. The molecule has 0 saturated heterocycles. The number of unbranched alkanes of at least 4 members (excludes halogenated alkanes) is 1. The van der Waals surface area contributed by atoms with Crippen LogP contribution in [0.15, 0.2) is 23.8 Å². The molecule has 0 spiro atoms. The molecule has 0 aromatic rings. The molecule has 0 aromatic carbocycles. The molecule has 1 N–H and O–H groups in total. The first-order valence-electron chi connectivity index (χ1n) is 5.81. The first-order valence-corrected chi connectivity index (χ1v) is 5.81. The van der Waals surface area contributed by atoms with Crippen molar-refractivity contribution in [2.75, 3.05) is 6.61 Å². The topological polar surface area (TPSA) is 72.8 Å². The molecule has 1 atom stereocenters. The minimum atomic E-state index is -1.21. The molecule has 0 aliphatic heterocycles. The lowest BCUT2D eigenvalue weighted by atomic mass is 10.2. The Labute approximate surface area is 107 Å². The molecule has 0 bridgehead atoms. The van der Waals surface area contributed by atoms with E-state index in [1.807, 2.05) is 6.92 Å². The van der Waals surface area contributed by atoms with E-state index in [1.54, 1.807) is 0 Å². The third-order valence-electron chi connectivity index (χ3n) is 1.98. The van der Waals surface area contributed by atoms with Crippen molar-refractivity contribution in [3.8, 4) is 0 Å². The number of aliphatic hydroxyl groups is 1. The molecule has 18 heavy (non-hydrogen) atoms. The number of hydrogen-bond acceptors (Lipinski definition) is 5. The van der Waals surface area contributed by atoms with Crippen LogP contribution in [0.2, 0.25) is 0 Å². The molecule has 0 saturated carbocycles. The van der Waals surface area contributed by atoms with Crippen LogP contribution in [0.3, 0.4) is 0 Å². The summed E-state index contributed by atoms with van der Waals surface area (Å²) < 4.78 is 9.47. The van der Waals surface area contributed by atoms with Gasteiger partial charge in [0.25, 0.3) is 0 Å². The summed E-state index contributed by atoms with van der Waals surface area (Å²) in [6.45, 7) is 8.63. The van der Waals surface area contributed by atoms with E-state index < -0.39 is 18.2 Å². The SMILES string of the molecule is C=C(/C=C(\C)C(=O)OCCCC)C(=O)OC(C)O. The van der Waals surface area contributed by atoms with Gasteiger partial charge in [0.2, 0.25) is 0 Å². The monoisotopic (exact) mass is 256 g/mol. The number of rotatable bonds is 7. The Morgan fingerprint density at radius 3 is 2.50 bits per heavy atom. The normalized spacial score (nSPS) is 12.8. The molecule has 0 aromatic heterocycles. The van der Waals surface area contributed by atoms with Gasteiger partial charge < -0.3 is 14.6 Å². The van der Waals surface area contributed by atoms with E-state index >= 15 is 0 Å². The standard InChI is InChI=1S/C13H20O5/c1-5-6-7-17-12(15)9(2)8-10(3)13(16)18-11(4)14/h8,11,14H,3,5-7H2,1-2,4H3/b9-8+. The molecule has 1 unspecified atom stereocenters. The summed E-state index contributed by atoms with van der Waals surface area (Å²) in [4.78, 5) is 22.8. The number of aliphatic hydroxyl groups excluding tert-OH is 1. The van der Waals surface area contributed by atoms with Gasteiger partial charge in [-0.3, -0.25) is 0 Å². The van der Waals surface area contributed by atoms with Crippen LogP contribution in [-0.4, -0.2) is 29.9 Å². The van der Waals surface area contributed by atoms with Crippen LogP contribution < -0.4 is 0 Å². The zero-order chi connectivity index (χ0) is 14.1. The van der Waals surface area contributed by atoms with Gasteiger partial charge >= 0.3 is 11.9 Å². The van der Waals surface area contributed by atoms with Crippen LogP contribution in [0, 0.1) is 0 Å². The minimum Gasteiger partial charge on any atom is -0.462 e. The Morgan fingerprint density at radius 2 is 2.00 bits per heavy atom. The summed E-state index contributed by atoms with van der Waals surface area (Å²) in [6.07, 6.45) is 1.80. The van der Waals surface area contributed by atoms with Gasteiger partial charge in [0.15, 0.2) is 6.29 Å². The van der Waals surface area contributed by atoms with Gasteiger partial charge in [-0.1, -0.05) is 19.9 Å². The fraction of sp³-hybridized carbons (Fsp3) is 0.538. The molecule has 0 radical (unpaired) electrons. The fourth-order valence-electron chi connectivity index (χ4n) is 1.03. The van der Waals surface area contributed by atoms with Crippen molar-refractivity contribution in [2.45, 2.75) is 39.9 Å². The van der Waals surface area contributed by atoms with E-state index in [0.29, 0.717) is 6.61 Å². The van der Waals surface area contributed by atoms with Crippen molar-refractivity contribution < 1.29 is 24.2 Å². The van der Waals surface area contributed by atoms with Crippen molar-refractivity contribution in [3.05, 3.63) is 23.8 Å². The second-order valence-electron chi connectivity index (χ2n) is 3.85. The van der Waals surface area contributed by atoms with Gasteiger partial charge in [-0.2, -0.15) is 0 Å². The average Bonchev–Trinajstić information content (AvgIpc) is 2.28. The summed E-state index contributed by atoms with van der Waals surface area (Å²) >= 11 is 0. The predicted molar refractivity (Wildman–Crippen MR) is 66.5 cm³/mol. The third-order valence-corrected chi connectivity index (χ3v) is 1.98. The molecule has 0 heterocycles. The second kappa shape index (κ2) is 8.47. The van der Waals surface area contributed by atoms with Crippen LogP contribution in [-0.2, 0) is 19.1 Å². The highest BCUT2D eigenvalue weighted by molar-refractivity contribution is 5.95. The maximum Gasteiger partial charge on any atom is 0.339 e. The molecule has 5 heteroatoms. The van der Waals surface area contributed by atoms with Crippen molar-refractivity contribution in [1.29, 1.82) is 0 Å². The van der Waals surface area contributed by atoms with Crippen molar-refractivity contribution in [1.82, 2.24) is 0 Å². The molecule has 102 valence electrons. The van der Waals surface area contributed by atoms with E-state index in [-0.39, 0.29) is 11.1 Å². The van der Waals surface area contributed by atoms with Gasteiger partial charge in [-0.05, 0) is 26.3 Å². The average molecular weight is 256 g/mol. The molecule has 0 amide bonds. The largest absolute Gasteiger partial charge is 0.462 e. The Morgan fingerprint density at radius 1 is 1.39 bits per heavy atom. The van der Waals surface area contributed by atoms with Gasteiger partial charge in [-0.15, -0.1) is 0 Å². The Bertz CT molecular complexity index is 341. The van der Waals surface area contributed by atoms with Crippen LogP contribution in [0.1, 0.15) is 33.6 Å². The highest BCUT2D eigenvalue weighted by Crippen LogP contribution is 2.06. The first kappa shape index (κ1) is 16.4. The van der Waals surface area contributed by atoms with Gasteiger partial charge in [-0.25, -0.2) is 9.59 Å². The Kier molecular flexibility index (Phi) is 7.71. The quantitative estimate of drug-likeness (QED) is 0.247. The van der Waals surface area contributed by atoms with Crippen LogP contribution >= 0.6 is 0 Å². The summed E-state index contributed by atoms with van der Waals surface area (Å²) in [6, 6.07) is 0. The number of ether oxygens (including phenoxy) is 2. The molecule has 0 fully saturated rings. The van der Waals surface area contributed by atoms with Crippen molar-refractivity contribution in [2.24, 2.45) is 0 Å². The molecule has 0 aliphatic rings. The smallest absolute Gasteiger partial charge is 0.339 e. The number of carbonyl (C=O) groups excluding carboxylic acids is 2. The summed E-state index contributed by atoms with van der Waals surface area (Å²) in [7, 11) is 0. The second-order valence-corrected chi connectivity index (χ2v) is 3.85. The summed E-state index contributed by atoms with van der Waals surface area (Å²) in [5.41, 5.74) is 0.250. The van der Waals surface area contributed by atoms with Gasteiger partial charge in [0.1, 0.15) is 0 Å². The predicted octanol–water partition coefficient (Wildman–Crippen LogP) is 1.71. The lowest BCUT2D eigenvalue weighted by Gasteiger charge is -2.07. The fourth-order valence-corrected chi connectivity index (χ4v) is 1.03. The summed E-state index contributed by atoms with van der Waals surface area (Å²) in [5.74, 6) is -1.26. The molecule has 0 aliphatic carbocycles. The molecule has 5 nitrogen and oxygen atoms in total. The molecular formula is C13H20O5. The van der Waals surface area contributed by atoms with E-state index in [2.05, 4.69) is 11.3 Å². The highest BCUT2D eigenvalue weighted by atomic mass is 16.6. The van der Waals surface area contributed by atoms with Crippen molar-refractivity contribution >= 4 is 11.9 Å². The van der Waals surface area contributed by atoms with Crippen LogP contribution in [0.5, 0.6) is 0 Å². The zero-order valence-electron chi connectivity index (χ0n) is 11.1. The Hall–Kier alpha value is -1.62. The van der Waals surface area contributed by atoms with E-state index in [1.165, 1.54) is 19.9 Å². The lowest BCUT2D eigenvalue weighted by molar-refractivity contribution is -0.159. The van der Waals surface area contributed by atoms with Crippen molar-refractivity contribution in [3.63, 3.8) is 0 Å². The van der Waals surface area contributed by atoms with E-state index in [4.69, 9.17) is 9.84 Å². The summed E-state index contributed by atoms with van der Waals surface area (Å²) in [5, 5.41) is 8.86. The van der Waals surface area contributed by atoms with Crippen LogP contribution in [0.25, 0.3) is 0 Å². The minimum absolute atomic E-state index is 0.0131. The van der Waals surface area contributed by atoms with E-state index in [9.17, 15) is 9.59 Å². The maximum atomic E-state index is 11.5. The lowest BCUT2D eigenvalue weighted by Crippen LogP contribution is -2.15. The van der Waals surface area contributed by atoms with Gasteiger partial charge in [0.05, 0.1) is 12.2 Å². The van der Waals surface area contributed by atoms with Crippen LogP contribution in [0.4, 0.5) is 0 Å². The Balaban J connectivity index is 4.34. The maximum absolute atomic E-state index is 11.5. The zero-order valence-corrected chi connectivity index (χ0v) is 11.1. The highest BCUT2D eigenvalue weighted by Gasteiger charge is 2.12. The number of hydrogen-bond donors (Lipinski definition) is 1. The first-order chi connectivity index (χ1) is 8.38. The number of carbonyl (C=O) groups is 2. The molecule has 0 rings (SSSR count). The van der Waals surface area contributed by atoms with Gasteiger partial charge in [0, 0.05) is 5.57 Å².